The Kier molecular flexibility index (Phi) is 5.18. The molecule has 0 fully saturated rings. The van der Waals surface area contributed by atoms with Gasteiger partial charge >= 0.3 is 11.7 Å². The number of benzene rings is 2. The molecule has 0 aliphatic carbocycles. The van der Waals surface area contributed by atoms with Crippen LogP contribution < -0.4 is 11.2 Å². The zero-order valence-corrected chi connectivity index (χ0v) is 15.2. The van der Waals surface area contributed by atoms with E-state index < -0.39 is 29.8 Å². The van der Waals surface area contributed by atoms with Crippen LogP contribution in [0.2, 0.25) is 0 Å². The minimum atomic E-state index is -1.26. The molecule has 26 heavy (non-hydrogen) atoms. The van der Waals surface area contributed by atoms with Gasteiger partial charge < -0.3 is 5.11 Å². The van der Waals surface area contributed by atoms with E-state index in [4.69, 9.17) is 5.11 Å². The van der Waals surface area contributed by atoms with Gasteiger partial charge in [-0.15, -0.1) is 0 Å². The predicted octanol–water partition coefficient (Wildman–Crippen LogP) is 2.49. The van der Waals surface area contributed by atoms with Gasteiger partial charge in [0.25, 0.3) is 5.56 Å². The van der Waals surface area contributed by atoms with Crippen molar-refractivity contribution in [1.29, 1.82) is 0 Å². The molecule has 1 N–H and O–H groups in total. The lowest BCUT2D eigenvalue weighted by atomic mass is 9.98. The molecule has 0 radical (unpaired) electrons. The van der Waals surface area contributed by atoms with E-state index in [0.29, 0.717) is 4.57 Å². The molecule has 132 valence electrons. The fourth-order valence-electron chi connectivity index (χ4n) is 2.83. The number of aromatic nitrogens is 2. The van der Waals surface area contributed by atoms with Gasteiger partial charge in [-0.2, -0.15) is 0 Å². The molecule has 0 unspecified atom stereocenters. The van der Waals surface area contributed by atoms with E-state index in [1.165, 1.54) is 10.8 Å². The highest BCUT2D eigenvalue weighted by Crippen LogP contribution is 2.25. The lowest BCUT2D eigenvalue weighted by Crippen LogP contribution is -2.43. The molecule has 6 nitrogen and oxygen atoms in total. The summed E-state index contributed by atoms with van der Waals surface area (Å²) < 4.78 is 2.21. The SMILES string of the molecule is O=C(O)Cn1c(=O)c(Br)cn(C(c2ccccc2)c2ccccc2)c1=O. The summed E-state index contributed by atoms with van der Waals surface area (Å²) in [5.74, 6) is -1.26. The van der Waals surface area contributed by atoms with E-state index in [0.717, 1.165) is 11.1 Å². The van der Waals surface area contributed by atoms with Gasteiger partial charge in [-0.25, -0.2) is 9.36 Å². The smallest absolute Gasteiger partial charge is 0.332 e. The van der Waals surface area contributed by atoms with Gasteiger partial charge in [-0.1, -0.05) is 60.7 Å². The van der Waals surface area contributed by atoms with Crippen LogP contribution >= 0.6 is 15.9 Å². The Balaban J connectivity index is 2.29. The quantitative estimate of drug-likeness (QED) is 0.695. The highest BCUT2D eigenvalue weighted by molar-refractivity contribution is 9.10. The summed E-state index contributed by atoms with van der Waals surface area (Å²) in [7, 11) is 0. The molecule has 3 rings (SSSR count). The number of carboxylic acids is 1. The molecule has 7 heteroatoms. The van der Waals surface area contributed by atoms with E-state index >= 15 is 0 Å². The summed E-state index contributed by atoms with van der Waals surface area (Å²) in [6, 6.07) is 18.2. The van der Waals surface area contributed by atoms with Crippen LogP contribution in [0.3, 0.4) is 0 Å². The van der Waals surface area contributed by atoms with E-state index in [1.807, 2.05) is 60.7 Å². The summed E-state index contributed by atoms with van der Waals surface area (Å²) in [6.07, 6.45) is 1.41. The lowest BCUT2D eigenvalue weighted by Gasteiger charge is -2.22. The highest BCUT2D eigenvalue weighted by Gasteiger charge is 2.21. The Morgan fingerprint density at radius 1 is 0.962 bits per heavy atom. The molecule has 0 aliphatic rings. The van der Waals surface area contributed by atoms with Crippen LogP contribution in [0, 0.1) is 0 Å². The average Bonchev–Trinajstić information content (AvgIpc) is 2.65. The van der Waals surface area contributed by atoms with E-state index in [9.17, 15) is 14.4 Å². The van der Waals surface area contributed by atoms with Crippen molar-refractivity contribution >= 4 is 21.9 Å². The summed E-state index contributed by atoms with van der Waals surface area (Å²) in [5, 5.41) is 9.05. The normalized spacial score (nSPS) is 10.8. The van der Waals surface area contributed by atoms with Gasteiger partial charge in [0.15, 0.2) is 0 Å². The fraction of sp³-hybridized carbons (Fsp3) is 0.105. The van der Waals surface area contributed by atoms with E-state index in [1.54, 1.807) is 0 Å². The van der Waals surface area contributed by atoms with Crippen molar-refractivity contribution in [3.8, 4) is 0 Å². The number of aliphatic carboxylic acids is 1. The molecule has 0 atom stereocenters. The third kappa shape index (κ3) is 3.52. The number of nitrogens with zero attached hydrogens (tertiary/aromatic N) is 2. The molecule has 0 bridgehead atoms. The van der Waals surface area contributed by atoms with Crippen LogP contribution in [0.25, 0.3) is 0 Å². The molecule has 0 spiro atoms. The van der Waals surface area contributed by atoms with Crippen LogP contribution in [0.1, 0.15) is 17.2 Å². The Morgan fingerprint density at radius 3 is 1.92 bits per heavy atom. The first kappa shape index (κ1) is 17.9. The maximum atomic E-state index is 12.9. The van der Waals surface area contributed by atoms with Crippen LogP contribution in [0.15, 0.2) is 80.9 Å². The van der Waals surface area contributed by atoms with Gasteiger partial charge in [0.05, 0.1) is 10.5 Å². The largest absolute Gasteiger partial charge is 0.480 e. The van der Waals surface area contributed by atoms with Crippen molar-refractivity contribution in [2.24, 2.45) is 0 Å². The minimum Gasteiger partial charge on any atom is -0.480 e. The standard InChI is InChI=1S/C19H15BrN2O4/c20-15-11-21(19(26)22(18(15)25)12-16(23)24)17(13-7-3-1-4-8-13)14-9-5-2-6-10-14/h1-11,17H,12H2,(H,23,24). The zero-order chi connectivity index (χ0) is 18.7. The first-order valence-corrected chi connectivity index (χ1v) is 8.61. The number of carbonyl (C=O) groups is 1. The zero-order valence-electron chi connectivity index (χ0n) is 13.6. The van der Waals surface area contributed by atoms with Crippen LogP contribution in [-0.2, 0) is 11.3 Å². The Bertz CT molecular complexity index is 1000. The number of hydrogen-bond donors (Lipinski definition) is 1. The second-order valence-corrected chi connectivity index (χ2v) is 6.53. The van der Waals surface area contributed by atoms with Gasteiger partial charge in [0.1, 0.15) is 6.54 Å². The Morgan fingerprint density at radius 2 is 1.46 bits per heavy atom. The monoisotopic (exact) mass is 414 g/mol. The number of hydrogen-bond acceptors (Lipinski definition) is 3. The van der Waals surface area contributed by atoms with Gasteiger partial charge in [-0.3, -0.25) is 14.2 Å². The van der Waals surface area contributed by atoms with E-state index in [2.05, 4.69) is 15.9 Å². The molecule has 2 aromatic carbocycles. The fourth-order valence-corrected chi connectivity index (χ4v) is 3.27. The van der Waals surface area contributed by atoms with Crippen molar-refractivity contribution < 1.29 is 9.90 Å². The van der Waals surface area contributed by atoms with Gasteiger partial charge in [-0.05, 0) is 27.1 Å². The highest BCUT2D eigenvalue weighted by atomic mass is 79.9. The van der Waals surface area contributed by atoms with Crippen molar-refractivity contribution in [1.82, 2.24) is 9.13 Å². The van der Waals surface area contributed by atoms with Crippen LogP contribution in [0.5, 0.6) is 0 Å². The molecular weight excluding hydrogens is 400 g/mol. The third-order valence-electron chi connectivity index (χ3n) is 3.96. The predicted molar refractivity (Wildman–Crippen MR) is 100 cm³/mol. The Hall–Kier alpha value is -2.93. The molecular formula is C19H15BrN2O4. The number of carboxylic acid groups (broad SMARTS) is 1. The first-order chi connectivity index (χ1) is 12.5. The van der Waals surface area contributed by atoms with Crippen molar-refractivity contribution in [3.05, 3.63) is 103 Å². The van der Waals surface area contributed by atoms with Crippen molar-refractivity contribution in [3.63, 3.8) is 0 Å². The molecule has 0 aliphatic heterocycles. The molecule has 3 aromatic rings. The maximum Gasteiger partial charge on any atom is 0.332 e. The molecule has 0 saturated heterocycles. The summed E-state index contributed by atoms with van der Waals surface area (Å²) >= 11 is 3.15. The summed E-state index contributed by atoms with van der Waals surface area (Å²) in [6.45, 7) is -0.701. The van der Waals surface area contributed by atoms with Crippen LogP contribution in [0.4, 0.5) is 0 Å². The number of halogens is 1. The maximum absolute atomic E-state index is 12.9. The Labute approximate surface area is 157 Å². The van der Waals surface area contributed by atoms with Crippen LogP contribution in [-0.4, -0.2) is 20.2 Å². The van der Waals surface area contributed by atoms with Gasteiger partial charge in [0, 0.05) is 6.20 Å². The van der Waals surface area contributed by atoms with Gasteiger partial charge in [0.2, 0.25) is 0 Å². The van der Waals surface area contributed by atoms with Crippen molar-refractivity contribution in [2.45, 2.75) is 12.6 Å². The topological polar surface area (TPSA) is 81.3 Å². The third-order valence-corrected chi connectivity index (χ3v) is 4.50. The molecule has 1 aromatic heterocycles. The minimum absolute atomic E-state index is 0.121. The number of rotatable bonds is 5. The second kappa shape index (κ2) is 7.53. The first-order valence-electron chi connectivity index (χ1n) is 7.82. The molecule has 1 heterocycles. The van der Waals surface area contributed by atoms with Crippen molar-refractivity contribution in [2.75, 3.05) is 0 Å². The molecule has 0 amide bonds. The second-order valence-electron chi connectivity index (χ2n) is 5.68. The lowest BCUT2D eigenvalue weighted by molar-refractivity contribution is -0.137. The molecule has 0 saturated carbocycles. The summed E-state index contributed by atoms with van der Waals surface area (Å²) in [5.41, 5.74) is 0.327. The summed E-state index contributed by atoms with van der Waals surface area (Å²) in [4.78, 5) is 36.2. The van der Waals surface area contributed by atoms with E-state index in [-0.39, 0.29) is 4.47 Å². The average molecular weight is 415 g/mol.